The van der Waals surface area contributed by atoms with Crippen molar-refractivity contribution in [2.45, 2.75) is 26.5 Å². The van der Waals surface area contributed by atoms with Crippen molar-refractivity contribution in [3.05, 3.63) is 119 Å². The van der Waals surface area contributed by atoms with E-state index in [2.05, 4.69) is 4.99 Å². The highest BCUT2D eigenvalue weighted by atomic mass is 32.1. The first-order valence-corrected chi connectivity index (χ1v) is 13.2. The fourth-order valence-corrected chi connectivity index (χ4v) is 5.93. The predicted octanol–water partition coefficient (Wildman–Crippen LogP) is 4.44. The minimum atomic E-state index is -0.559. The summed E-state index contributed by atoms with van der Waals surface area (Å²) in [5.74, 6) is 0.308. The van der Waals surface area contributed by atoms with Gasteiger partial charge in [-0.2, -0.15) is 0 Å². The standard InChI is InChI=1S/C28H24N2O4S2/c1-3-33-27(32)24-18(2)29-28-30(25(24)22-10-7-15-35-22)26(31)23(36-28)16-19-11-13-21(14-12-19)34-17-20-8-5-4-6-9-20/h4-16,25H,3,17H2,1-2H3/b23-16-/t25-/m1/s1. The van der Waals surface area contributed by atoms with E-state index < -0.39 is 12.0 Å². The fourth-order valence-electron chi connectivity index (χ4n) is 4.06. The number of thiophene rings is 1. The third kappa shape index (κ3) is 4.82. The number of fused-ring (bicyclic) bond motifs is 1. The fraction of sp³-hybridized carbons (Fsp3) is 0.179. The van der Waals surface area contributed by atoms with Gasteiger partial charge in [-0.15, -0.1) is 11.3 Å². The van der Waals surface area contributed by atoms with Crippen LogP contribution in [0.2, 0.25) is 0 Å². The third-order valence-corrected chi connectivity index (χ3v) is 7.66. The quantitative estimate of drug-likeness (QED) is 0.341. The van der Waals surface area contributed by atoms with Gasteiger partial charge in [0.05, 0.1) is 22.4 Å². The van der Waals surface area contributed by atoms with Gasteiger partial charge in [0.1, 0.15) is 18.4 Å². The first-order valence-electron chi connectivity index (χ1n) is 11.5. The maximum Gasteiger partial charge on any atom is 0.338 e. The molecule has 0 spiro atoms. The Bertz CT molecular complexity index is 1580. The number of ether oxygens (including phenoxy) is 2. The lowest BCUT2D eigenvalue weighted by atomic mass is 10.0. The molecule has 6 nitrogen and oxygen atoms in total. The van der Waals surface area contributed by atoms with E-state index in [0.29, 0.717) is 27.2 Å². The van der Waals surface area contributed by atoms with E-state index in [1.165, 1.54) is 22.7 Å². The zero-order valence-electron chi connectivity index (χ0n) is 19.8. The molecule has 36 heavy (non-hydrogen) atoms. The highest BCUT2D eigenvalue weighted by molar-refractivity contribution is 7.10. The summed E-state index contributed by atoms with van der Waals surface area (Å²) in [6, 6.07) is 20.9. The van der Waals surface area contributed by atoms with Crippen molar-refractivity contribution in [1.29, 1.82) is 0 Å². The average molecular weight is 517 g/mol. The van der Waals surface area contributed by atoms with Gasteiger partial charge in [-0.05, 0) is 54.6 Å². The van der Waals surface area contributed by atoms with Gasteiger partial charge in [0.15, 0.2) is 4.80 Å². The van der Waals surface area contributed by atoms with Crippen LogP contribution in [0.15, 0.2) is 93.2 Å². The number of thiazole rings is 1. The Hall–Kier alpha value is -3.75. The van der Waals surface area contributed by atoms with Crippen LogP contribution >= 0.6 is 22.7 Å². The second-order valence-electron chi connectivity index (χ2n) is 8.16. The van der Waals surface area contributed by atoms with Gasteiger partial charge in [0.25, 0.3) is 5.56 Å². The maximum atomic E-state index is 13.6. The van der Waals surface area contributed by atoms with Gasteiger partial charge < -0.3 is 9.47 Å². The molecule has 0 radical (unpaired) electrons. The molecule has 0 bridgehead atoms. The highest BCUT2D eigenvalue weighted by Crippen LogP contribution is 2.33. The number of esters is 1. The summed E-state index contributed by atoms with van der Waals surface area (Å²) >= 11 is 2.81. The van der Waals surface area contributed by atoms with Gasteiger partial charge in [-0.25, -0.2) is 9.79 Å². The van der Waals surface area contributed by atoms with Crippen LogP contribution in [0.4, 0.5) is 0 Å². The number of aromatic nitrogens is 1. The summed E-state index contributed by atoms with van der Waals surface area (Å²) < 4.78 is 13.3. The molecule has 1 aliphatic heterocycles. The minimum Gasteiger partial charge on any atom is -0.489 e. The Morgan fingerprint density at radius 3 is 2.56 bits per heavy atom. The summed E-state index contributed by atoms with van der Waals surface area (Å²) in [6.07, 6.45) is 1.85. The molecule has 182 valence electrons. The number of hydrogen-bond acceptors (Lipinski definition) is 7. The number of carbonyl (C=O) groups is 1. The smallest absolute Gasteiger partial charge is 0.338 e. The van der Waals surface area contributed by atoms with Crippen LogP contribution in [-0.4, -0.2) is 17.1 Å². The number of allylic oxidation sites excluding steroid dienone is 1. The van der Waals surface area contributed by atoms with Crippen LogP contribution < -0.4 is 19.6 Å². The van der Waals surface area contributed by atoms with Crippen LogP contribution in [-0.2, 0) is 16.1 Å². The molecule has 4 aromatic rings. The van der Waals surface area contributed by atoms with Gasteiger partial charge in [0.2, 0.25) is 0 Å². The minimum absolute atomic E-state index is 0.184. The van der Waals surface area contributed by atoms with Crippen LogP contribution in [0.25, 0.3) is 6.08 Å². The number of carbonyl (C=O) groups excluding carboxylic acids is 1. The van der Waals surface area contributed by atoms with E-state index in [9.17, 15) is 9.59 Å². The number of hydrogen-bond donors (Lipinski definition) is 0. The largest absolute Gasteiger partial charge is 0.489 e. The Kier molecular flexibility index (Phi) is 6.97. The zero-order valence-corrected chi connectivity index (χ0v) is 21.5. The summed E-state index contributed by atoms with van der Waals surface area (Å²) in [4.78, 5) is 32.5. The Balaban J connectivity index is 1.48. The summed E-state index contributed by atoms with van der Waals surface area (Å²) in [5.41, 5.74) is 2.76. The molecule has 0 saturated heterocycles. The van der Waals surface area contributed by atoms with Crippen molar-refractivity contribution in [1.82, 2.24) is 4.57 Å². The molecular formula is C28H24N2O4S2. The molecule has 0 saturated carbocycles. The highest BCUT2D eigenvalue weighted by Gasteiger charge is 2.33. The monoisotopic (exact) mass is 516 g/mol. The van der Waals surface area contributed by atoms with E-state index in [-0.39, 0.29) is 12.2 Å². The SMILES string of the molecule is CCOC(=O)C1=C(C)N=c2s/c(=C\c3ccc(OCc4ccccc4)cc3)c(=O)n2[C@@H]1c1cccs1. The van der Waals surface area contributed by atoms with Crippen molar-refractivity contribution in [3.8, 4) is 5.75 Å². The van der Waals surface area contributed by atoms with Crippen molar-refractivity contribution in [2.24, 2.45) is 4.99 Å². The molecule has 0 aliphatic carbocycles. The van der Waals surface area contributed by atoms with E-state index in [1.807, 2.05) is 78.2 Å². The first kappa shape index (κ1) is 24.0. The van der Waals surface area contributed by atoms with Gasteiger partial charge in [-0.1, -0.05) is 59.9 Å². The van der Waals surface area contributed by atoms with Crippen molar-refractivity contribution < 1.29 is 14.3 Å². The van der Waals surface area contributed by atoms with Gasteiger partial charge in [-0.3, -0.25) is 9.36 Å². The van der Waals surface area contributed by atoms with Crippen molar-refractivity contribution in [3.63, 3.8) is 0 Å². The van der Waals surface area contributed by atoms with E-state index in [0.717, 1.165) is 21.8 Å². The van der Waals surface area contributed by atoms with E-state index in [4.69, 9.17) is 9.47 Å². The van der Waals surface area contributed by atoms with Crippen molar-refractivity contribution in [2.75, 3.05) is 6.61 Å². The molecule has 0 fully saturated rings. The average Bonchev–Trinajstić information content (AvgIpc) is 3.52. The summed E-state index contributed by atoms with van der Waals surface area (Å²) in [6.45, 7) is 4.30. The number of nitrogens with zero attached hydrogens (tertiary/aromatic N) is 2. The molecular weight excluding hydrogens is 492 g/mol. The predicted molar refractivity (Wildman–Crippen MR) is 142 cm³/mol. The molecule has 0 amide bonds. The Morgan fingerprint density at radius 2 is 1.86 bits per heavy atom. The van der Waals surface area contributed by atoms with Gasteiger partial charge >= 0.3 is 5.97 Å². The molecule has 2 aromatic carbocycles. The first-order chi connectivity index (χ1) is 17.5. The third-order valence-electron chi connectivity index (χ3n) is 5.76. The molecule has 1 atom stereocenters. The van der Waals surface area contributed by atoms with Crippen LogP contribution in [0.5, 0.6) is 5.75 Å². The number of benzene rings is 2. The van der Waals surface area contributed by atoms with E-state index in [1.54, 1.807) is 18.4 Å². The topological polar surface area (TPSA) is 69.9 Å². The molecule has 8 heteroatoms. The lowest BCUT2D eigenvalue weighted by Crippen LogP contribution is -2.39. The van der Waals surface area contributed by atoms with Crippen LogP contribution in [0, 0.1) is 0 Å². The Labute approximate surface area is 216 Å². The summed E-state index contributed by atoms with van der Waals surface area (Å²) in [7, 11) is 0. The maximum absolute atomic E-state index is 13.6. The zero-order chi connectivity index (χ0) is 25.1. The second-order valence-corrected chi connectivity index (χ2v) is 10.1. The van der Waals surface area contributed by atoms with Gasteiger partial charge in [0, 0.05) is 4.88 Å². The lowest BCUT2D eigenvalue weighted by molar-refractivity contribution is -0.139. The Morgan fingerprint density at radius 1 is 1.08 bits per heavy atom. The van der Waals surface area contributed by atoms with Crippen LogP contribution in [0.1, 0.15) is 35.9 Å². The molecule has 1 aliphatic rings. The molecule has 3 heterocycles. The van der Waals surface area contributed by atoms with Crippen LogP contribution in [0.3, 0.4) is 0 Å². The molecule has 5 rings (SSSR count). The number of rotatable bonds is 7. The molecule has 0 N–H and O–H groups in total. The molecule has 2 aromatic heterocycles. The summed E-state index contributed by atoms with van der Waals surface area (Å²) in [5, 5.41) is 1.94. The van der Waals surface area contributed by atoms with E-state index >= 15 is 0 Å². The lowest BCUT2D eigenvalue weighted by Gasteiger charge is -2.23. The van der Waals surface area contributed by atoms with Crippen molar-refractivity contribution >= 4 is 34.7 Å². The molecule has 0 unspecified atom stereocenters. The normalized spacial score (nSPS) is 15.4. The second kappa shape index (κ2) is 10.5.